The first-order valence-electron chi connectivity index (χ1n) is 6.97. The molecule has 1 fully saturated rings. The number of nitrogens with two attached hydrogens (primary N) is 1. The van der Waals surface area contributed by atoms with Gasteiger partial charge in [-0.1, -0.05) is 12.8 Å². The molecular weight excluding hydrogens is 230 g/mol. The molecule has 0 unspecified atom stereocenters. The standard InChI is InChI=1S/C13H25N3O2/c14-12(17)7-3-4-8-15-11-13(18)16-9-5-1-2-6-10-16/h15H,1-11H2,(H2,14,17). The molecular formula is C13H25N3O2. The molecule has 1 heterocycles. The summed E-state index contributed by atoms with van der Waals surface area (Å²) in [6.07, 6.45) is 6.85. The molecule has 3 N–H and O–H groups in total. The summed E-state index contributed by atoms with van der Waals surface area (Å²) in [5, 5.41) is 3.13. The van der Waals surface area contributed by atoms with E-state index < -0.39 is 0 Å². The predicted molar refractivity (Wildman–Crippen MR) is 71.0 cm³/mol. The Morgan fingerprint density at radius 2 is 1.72 bits per heavy atom. The van der Waals surface area contributed by atoms with E-state index >= 15 is 0 Å². The fourth-order valence-corrected chi connectivity index (χ4v) is 2.18. The van der Waals surface area contributed by atoms with Crippen LogP contribution < -0.4 is 11.1 Å². The molecule has 104 valence electrons. The molecule has 18 heavy (non-hydrogen) atoms. The Bertz CT molecular complexity index is 261. The van der Waals surface area contributed by atoms with E-state index in [1.165, 1.54) is 12.8 Å². The first-order valence-corrected chi connectivity index (χ1v) is 6.97. The molecule has 0 spiro atoms. The van der Waals surface area contributed by atoms with Gasteiger partial charge in [-0.05, 0) is 32.2 Å². The number of likely N-dealkylation sites (tertiary alicyclic amines) is 1. The van der Waals surface area contributed by atoms with E-state index in [1.807, 2.05) is 4.90 Å². The van der Waals surface area contributed by atoms with Crippen LogP contribution in [0.2, 0.25) is 0 Å². The Hall–Kier alpha value is -1.10. The van der Waals surface area contributed by atoms with Crippen LogP contribution in [0.3, 0.4) is 0 Å². The number of rotatable bonds is 7. The molecule has 2 amide bonds. The predicted octanol–water partition coefficient (Wildman–Crippen LogP) is 0.634. The largest absolute Gasteiger partial charge is 0.370 e. The maximum absolute atomic E-state index is 11.9. The van der Waals surface area contributed by atoms with Crippen LogP contribution in [-0.2, 0) is 9.59 Å². The summed E-state index contributed by atoms with van der Waals surface area (Å²) in [7, 11) is 0. The Labute approximate surface area is 109 Å². The highest BCUT2D eigenvalue weighted by Crippen LogP contribution is 2.09. The number of carbonyl (C=O) groups is 2. The van der Waals surface area contributed by atoms with Gasteiger partial charge in [0.2, 0.25) is 11.8 Å². The Balaban J connectivity index is 2.03. The van der Waals surface area contributed by atoms with E-state index in [-0.39, 0.29) is 11.8 Å². The van der Waals surface area contributed by atoms with Crippen molar-refractivity contribution < 1.29 is 9.59 Å². The van der Waals surface area contributed by atoms with Crippen molar-refractivity contribution in [1.82, 2.24) is 10.2 Å². The number of nitrogens with one attached hydrogen (secondary N) is 1. The minimum atomic E-state index is -0.254. The monoisotopic (exact) mass is 255 g/mol. The van der Waals surface area contributed by atoms with Crippen LogP contribution in [0.25, 0.3) is 0 Å². The van der Waals surface area contributed by atoms with Crippen LogP contribution in [-0.4, -0.2) is 42.9 Å². The molecule has 0 radical (unpaired) electrons. The van der Waals surface area contributed by atoms with Gasteiger partial charge in [-0.25, -0.2) is 0 Å². The fraction of sp³-hybridized carbons (Fsp3) is 0.846. The average Bonchev–Trinajstić information content (AvgIpc) is 2.61. The molecule has 1 aliphatic rings. The van der Waals surface area contributed by atoms with Gasteiger partial charge < -0.3 is 16.0 Å². The zero-order valence-corrected chi connectivity index (χ0v) is 11.1. The molecule has 0 aromatic carbocycles. The second kappa shape index (κ2) is 8.91. The number of hydrogen-bond donors (Lipinski definition) is 2. The molecule has 0 aliphatic carbocycles. The molecule has 1 aliphatic heterocycles. The van der Waals surface area contributed by atoms with Gasteiger partial charge in [0.25, 0.3) is 0 Å². The third-order valence-electron chi connectivity index (χ3n) is 3.26. The molecule has 1 rings (SSSR count). The van der Waals surface area contributed by atoms with E-state index in [9.17, 15) is 9.59 Å². The zero-order chi connectivity index (χ0) is 13.2. The van der Waals surface area contributed by atoms with Crippen LogP contribution in [0.1, 0.15) is 44.9 Å². The Morgan fingerprint density at radius 1 is 1.06 bits per heavy atom. The Morgan fingerprint density at radius 3 is 2.33 bits per heavy atom. The molecule has 0 bridgehead atoms. The topological polar surface area (TPSA) is 75.4 Å². The molecule has 0 atom stereocenters. The lowest BCUT2D eigenvalue weighted by Gasteiger charge is -2.20. The normalized spacial score (nSPS) is 16.3. The number of amides is 2. The van der Waals surface area contributed by atoms with Gasteiger partial charge in [0, 0.05) is 19.5 Å². The van der Waals surface area contributed by atoms with E-state index in [0.717, 1.165) is 45.3 Å². The maximum Gasteiger partial charge on any atom is 0.236 e. The van der Waals surface area contributed by atoms with Gasteiger partial charge in [-0.2, -0.15) is 0 Å². The van der Waals surface area contributed by atoms with Crippen molar-refractivity contribution in [3.63, 3.8) is 0 Å². The average molecular weight is 255 g/mol. The van der Waals surface area contributed by atoms with Gasteiger partial charge in [0.1, 0.15) is 0 Å². The first kappa shape index (κ1) is 15.0. The van der Waals surface area contributed by atoms with E-state index in [0.29, 0.717) is 13.0 Å². The summed E-state index contributed by atoms with van der Waals surface area (Å²) < 4.78 is 0. The number of primary amides is 1. The highest BCUT2D eigenvalue weighted by atomic mass is 16.2. The van der Waals surface area contributed by atoms with E-state index in [1.54, 1.807) is 0 Å². The number of nitrogens with zero attached hydrogens (tertiary/aromatic N) is 1. The van der Waals surface area contributed by atoms with Crippen LogP contribution >= 0.6 is 0 Å². The van der Waals surface area contributed by atoms with Gasteiger partial charge in [0.05, 0.1) is 6.54 Å². The van der Waals surface area contributed by atoms with Crippen LogP contribution in [0.5, 0.6) is 0 Å². The summed E-state index contributed by atoms with van der Waals surface area (Å²) in [6, 6.07) is 0. The van der Waals surface area contributed by atoms with E-state index in [4.69, 9.17) is 5.73 Å². The van der Waals surface area contributed by atoms with Crippen molar-refractivity contribution in [2.75, 3.05) is 26.2 Å². The SMILES string of the molecule is NC(=O)CCCCNCC(=O)N1CCCCCC1. The molecule has 1 saturated heterocycles. The first-order chi connectivity index (χ1) is 8.70. The lowest BCUT2D eigenvalue weighted by molar-refractivity contribution is -0.130. The van der Waals surface area contributed by atoms with Crippen LogP contribution in [0.4, 0.5) is 0 Å². The molecule has 0 aromatic heterocycles. The van der Waals surface area contributed by atoms with Gasteiger partial charge >= 0.3 is 0 Å². The molecule has 0 aromatic rings. The lowest BCUT2D eigenvalue weighted by Crippen LogP contribution is -2.39. The van der Waals surface area contributed by atoms with Gasteiger partial charge in [-0.3, -0.25) is 9.59 Å². The van der Waals surface area contributed by atoms with Crippen molar-refractivity contribution in [2.45, 2.75) is 44.9 Å². The second-order valence-electron chi connectivity index (χ2n) is 4.90. The van der Waals surface area contributed by atoms with Gasteiger partial charge in [-0.15, -0.1) is 0 Å². The van der Waals surface area contributed by atoms with Gasteiger partial charge in [0.15, 0.2) is 0 Å². The smallest absolute Gasteiger partial charge is 0.236 e. The molecule has 5 heteroatoms. The van der Waals surface area contributed by atoms with Crippen molar-refractivity contribution in [1.29, 1.82) is 0 Å². The van der Waals surface area contributed by atoms with Crippen molar-refractivity contribution in [3.05, 3.63) is 0 Å². The summed E-state index contributed by atoms with van der Waals surface area (Å²) in [6.45, 7) is 2.99. The summed E-state index contributed by atoms with van der Waals surface area (Å²) in [5.74, 6) is -0.0533. The molecule has 5 nitrogen and oxygen atoms in total. The summed E-state index contributed by atoms with van der Waals surface area (Å²) >= 11 is 0. The van der Waals surface area contributed by atoms with Crippen LogP contribution in [0.15, 0.2) is 0 Å². The fourth-order valence-electron chi connectivity index (χ4n) is 2.18. The minimum absolute atomic E-state index is 0.201. The summed E-state index contributed by atoms with van der Waals surface area (Å²) in [5.41, 5.74) is 5.05. The minimum Gasteiger partial charge on any atom is -0.370 e. The third kappa shape index (κ3) is 6.59. The van der Waals surface area contributed by atoms with Crippen LogP contribution in [0, 0.1) is 0 Å². The third-order valence-corrected chi connectivity index (χ3v) is 3.26. The number of unbranched alkanes of at least 4 members (excludes halogenated alkanes) is 1. The lowest BCUT2D eigenvalue weighted by atomic mass is 10.2. The number of carbonyl (C=O) groups excluding carboxylic acids is 2. The maximum atomic E-state index is 11.9. The zero-order valence-electron chi connectivity index (χ0n) is 11.1. The van der Waals surface area contributed by atoms with E-state index in [2.05, 4.69) is 5.32 Å². The van der Waals surface area contributed by atoms with Crippen molar-refractivity contribution in [3.8, 4) is 0 Å². The highest BCUT2D eigenvalue weighted by Gasteiger charge is 2.14. The second-order valence-corrected chi connectivity index (χ2v) is 4.90. The van der Waals surface area contributed by atoms with Crippen molar-refractivity contribution in [2.24, 2.45) is 5.73 Å². The molecule has 0 saturated carbocycles. The highest BCUT2D eigenvalue weighted by molar-refractivity contribution is 5.78. The Kier molecular flexibility index (Phi) is 7.41. The van der Waals surface area contributed by atoms with Crippen molar-refractivity contribution >= 4 is 11.8 Å². The quantitative estimate of drug-likeness (QED) is 0.655. The summed E-state index contributed by atoms with van der Waals surface area (Å²) in [4.78, 5) is 24.4. The number of hydrogen-bond acceptors (Lipinski definition) is 3.